The summed E-state index contributed by atoms with van der Waals surface area (Å²) < 4.78 is 10.6. The maximum atomic E-state index is 6.25. The Morgan fingerprint density at radius 1 is 1.15 bits per heavy atom. The van der Waals surface area contributed by atoms with Crippen LogP contribution in [0, 0.1) is 0 Å². The van der Waals surface area contributed by atoms with E-state index in [-0.39, 0.29) is 6.79 Å². The van der Waals surface area contributed by atoms with Gasteiger partial charge in [-0.2, -0.15) is 0 Å². The average molecular weight is 256 g/mol. The van der Waals surface area contributed by atoms with E-state index in [9.17, 15) is 0 Å². The molecule has 92 valence electrons. The summed E-state index contributed by atoms with van der Waals surface area (Å²) >= 11 is 0. The molecule has 3 nitrogen and oxygen atoms in total. The summed E-state index contributed by atoms with van der Waals surface area (Å²) in [6, 6.07) is 4.88. The summed E-state index contributed by atoms with van der Waals surface area (Å²) in [5.74, 6) is 1.27. The maximum Gasteiger partial charge on any atom is 0.231 e. The Balaban J connectivity index is 2.28. The van der Waals surface area contributed by atoms with E-state index in [1.165, 1.54) is 0 Å². The number of ether oxygens (including phenoxy) is 2. The summed E-state index contributed by atoms with van der Waals surface area (Å²) in [6.07, 6.45) is 0.592. The lowest BCUT2D eigenvalue weighted by atomic mass is 9.44. The molecular weight excluding hydrogens is 244 g/mol. The van der Waals surface area contributed by atoms with Gasteiger partial charge in [-0.05, 0) is 24.6 Å². The highest BCUT2D eigenvalue weighted by Crippen LogP contribution is 2.36. The van der Waals surface area contributed by atoms with Gasteiger partial charge in [0.15, 0.2) is 11.5 Å². The van der Waals surface area contributed by atoms with E-state index in [1.807, 2.05) is 6.92 Å². The number of rotatable bonds is 5. The zero-order valence-electron chi connectivity index (χ0n) is 11.4. The van der Waals surface area contributed by atoms with Gasteiger partial charge in [-0.1, -0.05) is 29.0 Å². The number of hydrogen-bond donors (Lipinski definition) is 1. The van der Waals surface area contributed by atoms with Crippen molar-refractivity contribution in [2.75, 3.05) is 6.79 Å². The predicted octanol–water partition coefficient (Wildman–Crippen LogP) is -0.610. The Morgan fingerprint density at radius 2 is 1.80 bits per heavy atom. The van der Waals surface area contributed by atoms with Crippen LogP contribution in [0.5, 0.6) is 11.5 Å². The van der Waals surface area contributed by atoms with E-state index in [4.69, 9.17) is 48.7 Å². The van der Waals surface area contributed by atoms with Crippen LogP contribution in [0.2, 0.25) is 0 Å². The van der Waals surface area contributed by atoms with Crippen molar-refractivity contribution in [2.24, 2.45) is 0 Å². The molecule has 0 unspecified atom stereocenters. The molecule has 10 radical (unpaired) electrons. The molecule has 1 atom stereocenters. The first-order valence-corrected chi connectivity index (χ1v) is 6.36. The summed E-state index contributed by atoms with van der Waals surface area (Å²) in [5, 5.41) is 0.0598. The van der Waals surface area contributed by atoms with Crippen molar-refractivity contribution >= 4 is 39.2 Å². The van der Waals surface area contributed by atoms with Crippen molar-refractivity contribution in [3.63, 3.8) is 0 Å². The fraction of sp³-hybridized carbons (Fsp3) is 0.500. The fourth-order valence-corrected chi connectivity index (χ4v) is 2.23. The van der Waals surface area contributed by atoms with Gasteiger partial charge in [-0.25, -0.2) is 0 Å². The maximum absolute atomic E-state index is 6.25. The molecular formula is C12H12B5NO2. The van der Waals surface area contributed by atoms with Gasteiger partial charge < -0.3 is 14.8 Å². The second-order valence-corrected chi connectivity index (χ2v) is 5.04. The number of fused-ring (bicyclic) bond motifs is 1. The van der Waals surface area contributed by atoms with Crippen molar-refractivity contribution in [3.05, 3.63) is 23.8 Å². The van der Waals surface area contributed by atoms with Gasteiger partial charge >= 0.3 is 0 Å². The van der Waals surface area contributed by atoms with Gasteiger partial charge in [-0.3, -0.25) is 0 Å². The van der Waals surface area contributed by atoms with Gasteiger partial charge in [0.25, 0.3) is 0 Å². The molecule has 1 heterocycles. The summed E-state index contributed by atoms with van der Waals surface area (Å²) in [6.45, 7) is 2.10. The second-order valence-electron chi connectivity index (χ2n) is 5.04. The number of benzene rings is 1. The van der Waals surface area contributed by atoms with Gasteiger partial charge in [0.1, 0.15) is 0 Å². The Morgan fingerprint density at radius 3 is 2.40 bits per heavy atom. The molecule has 0 fully saturated rings. The van der Waals surface area contributed by atoms with Crippen LogP contribution < -0.4 is 14.8 Å². The Bertz CT molecular complexity index is 489. The average Bonchev–Trinajstić information content (AvgIpc) is 2.81. The van der Waals surface area contributed by atoms with Gasteiger partial charge in [0, 0.05) is 0 Å². The minimum atomic E-state index is -1.55. The first kappa shape index (κ1) is 15.5. The van der Waals surface area contributed by atoms with E-state index in [2.05, 4.69) is 5.32 Å². The lowest BCUT2D eigenvalue weighted by Crippen LogP contribution is -2.59. The highest BCUT2D eigenvalue weighted by Gasteiger charge is 2.32. The van der Waals surface area contributed by atoms with Crippen LogP contribution in [0.1, 0.15) is 18.9 Å². The molecule has 1 aromatic rings. The Labute approximate surface area is 126 Å². The molecule has 0 bridgehead atoms. The molecule has 20 heavy (non-hydrogen) atoms. The van der Waals surface area contributed by atoms with Crippen LogP contribution in [0.3, 0.4) is 0 Å². The summed E-state index contributed by atoms with van der Waals surface area (Å²) in [7, 11) is 29.2. The SMILES string of the molecule is [B]C([B])([B])N[C@H](CC)C([B])([B])c1ccc2c(c1)OCO2. The Hall–Kier alpha value is -0.895. The normalized spacial score (nSPS) is 16.1. The topological polar surface area (TPSA) is 30.5 Å². The molecule has 0 saturated heterocycles. The zero-order valence-corrected chi connectivity index (χ0v) is 11.4. The predicted molar refractivity (Wildman–Crippen MR) is 83.0 cm³/mol. The minimum absolute atomic E-state index is 0.188. The van der Waals surface area contributed by atoms with Gasteiger partial charge in [0.2, 0.25) is 6.79 Å². The van der Waals surface area contributed by atoms with E-state index in [0.29, 0.717) is 23.5 Å². The van der Waals surface area contributed by atoms with E-state index in [1.54, 1.807) is 18.2 Å². The van der Waals surface area contributed by atoms with Crippen molar-refractivity contribution in [2.45, 2.75) is 29.8 Å². The van der Waals surface area contributed by atoms with E-state index < -0.39 is 16.5 Å². The molecule has 0 saturated carbocycles. The summed E-state index contributed by atoms with van der Waals surface area (Å²) in [4.78, 5) is 0. The molecule has 2 rings (SSSR count). The Kier molecular flexibility index (Phi) is 4.24. The monoisotopic (exact) mass is 257 g/mol. The molecule has 1 aromatic carbocycles. The standard InChI is InChI=1S/C12H12B5NO2/c1-2-10(18-12(15,16)17)11(13,14)7-3-4-8-9(5-7)20-6-19-8/h3-5,10,18H,2,6H2,1H3/t10-/m1/s1. The fourth-order valence-electron chi connectivity index (χ4n) is 2.23. The number of hydrogen-bond acceptors (Lipinski definition) is 3. The van der Waals surface area contributed by atoms with Crippen LogP contribution in [0.15, 0.2) is 18.2 Å². The third kappa shape index (κ3) is 3.22. The van der Waals surface area contributed by atoms with Crippen molar-refractivity contribution in [1.29, 1.82) is 0 Å². The quantitative estimate of drug-likeness (QED) is 0.713. The van der Waals surface area contributed by atoms with Crippen molar-refractivity contribution < 1.29 is 9.47 Å². The molecule has 0 aliphatic carbocycles. The van der Waals surface area contributed by atoms with Gasteiger partial charge in [0.05, 0.1) is 39.2 Å². The molecule has 1 aliphatic rings. The number of nitrogens with one attached hydrogen (secondary N) is 1. The molecule has 0 spiro atoms. The van der Waals surface area contributed by atoms with Gasteiger partial charge in [-0.15, -0.1) is 0 Å². The first-order valence-electron chi connectivity index (χ1n) is 6.36. The lowest BCUT2D eigenvalue weighted by Gasteiger charge is -2.41. The van der Waals surface area contributed by atoms with E-state index >= 15 is 0 Å². The first-order chi connectivity index (χ1) is 9.24. The van der Waals surface area contributed by atoms with Crippen LogP contribution in [0.25, 0.3) is 0 Å². The molecule has 8 heteroatoms. The zero-order chi connectivity index (χ0) is 15.0. The van der Waals surface area contributed by atoms with E-state index in [0.717, 1.165) is 0 Å². The molecule has 1 N–H and O–H groups in total. The minimum Gasteiger partial charge on any atom is -0.454 e. The van der Waals surface area contributed by atoms with Crippen molar-refractivity contribution in [3.8, 4) is 11.5 Å². The van der Waals surface area contributed by atoms with Crippen LogP contribution in [0.4, 0.5) is 0 Å². The molecule has 1 aliphatic heterocycles. The molecule has 0 amide bonds. The largest absolute Gasteiger partial charge is 0.454 e. The van der Waals surface area contributed by atoms with Crippen molar-refractivity contribution in [1.82, 2.24) is 5.32 Å². The highest BCUT2D eigenvalue weighted by atomic mass is 16.7. The third-order valence-electron chi connectivity index (χ3n) is 3.28. The molecule has 0 aromatic heterocycles. The van der Waals surface area contributed by atoms with Crippen LogP contribution in [-0.4, -0.2) is 57.3 Å². The highest BCUT2D eigenvalue weighted by molar-refractivity contribution is 6.59. The van der Waals surface area contributed by atoms with Crippen LogP contribution in [-0.2, 0) is 5.21 Å². The van der Waals surface area contributed by atoms with Crippen LogP contribution >= 0.6 is 0 Å². The second kappa shape index (κ2) is 5.47. The summed E-state index contributed by atoms with van der Waals surface area (Å²) in [5.41, 5.74) is 0.672. The third-order valence-corrected chi connectivity index (χ3v) is 3.28. The lowest BCUT2D eigenvalue weighted by molar-refractivity contribution is 0.174. The smallest absolute Gasteiger partial charge is 0.231 e.